The highest BCUT2D eigenvalue weighted by Gasteiger charge is 2.33. The maximum absolute atomic E-state index is 12.9. The van der Waals surface area contributed by atoms with Crippen LogP contribution in [-0.4, -0.2) is 19.8 Å². The maximum atomic E-state index is 12.9. The molecule has 0 unspecified atom stereocenters. The molecule has 0 atom stereocenters. The zero-order valence-corrected chi connectivity index (χ0v) is 11.0. The van der Waals surface area contributed by atoms with Gasteiger partial charge in [0.2, 0.25) is 0 Å². The van der Waals surface area contributed by atoms with Gasteiger partial charge in [-0.1, -0.05) is 18.2 Å². The van der Waals surface area contributed by atoms with Crippen molar-refractivity contribution in [1.82, 2.24) is 19.8 Å². The molecule has 1 heterocycles. The van der Waals surface area contributed by atoms with E-state index in [1.165, 1.54) is 16.8 Å². The summed E-state index contributed by atoms with van der Waals surface area (Å²) < 4.78 is 41.0. The normalized spacial score (nSPS) is 15.4. The largest absolute Gasteiger partial charge is 0.416 e. The number of hydrogen-bond donors (Lipinski definition) is 0. The van der Waals surface area contributed by atoms with Gasteiger partial charge in [0.1, 0.15) is 0 Å². The molecule has 1 fully saturated rings. The number of nitrogens with zero attached hydrogens (tertiary/aromatic N) is 4. The van der Waals surface area contributed by atoms with E-state index < -0.39 is 11.7 Å². The quantitative estimate of drug-likeness (QED) is 0.868. The molecule has 0 aliphatic heterocycles. The van der Waals surface area contributed by atoms with Gasteiger partial charge < -0.3 is 0 Å². The number of halogens is 3. The Labute approximate surface area is 118 Å². The third-order valence-electron chi connectivity index (χ3n) is 3.47. The molecule has 1 saturated carbocycles. The predicted octanol–water partition coefficient (Wildman–Crippen LogP) is 2.04. The molecule has 8 heteroatoms. The average Bonchev–Trinajstić information content (AvgIpc) is 3.21. The lowest BCUT2D eigenvalue weighted by Gasteiger charge is -2.11. The Balaban J connectivity index is 1.78. The fourth-order valence-electron chi connectivity index (χ4n) is 2.22. The van der Waals surface area contributed by atoms with Crippen molar-refractivity contribution in [3.05, 3.63) is 45.9 Å². The van der Waals surface area contributed by atoms with E-state index in [2.05, 4.69) is 10.4 Å². The Morgan fingerprint density at radius 3 is 2.57 bits per heavy atom. The van der Waals surface area contributed by atoms with E-state index in [1.54, 1.807) is 6.07 Å². The van der Waals surface area contributed by atoms with Gasteiger partial charge in [-0.2, -0.15) is 22.5 Å². The zero-order valence-electron chi connectivity index (χ0n) is 11.0. The molecule has 21 heavy (non-hydrogen) atoms. The van der Waals surface area contributed by atoms with Gasteiger partial charge in [0.15, 0.2) is 0 Å². The molecule has 1 aromatic carbocycles. The first-order valence-corrected chi connectivity index (χ1v) is 6.64. The third kappa shape index (κ3) is 2.84. The minimum Gasteiger partial charge on any atom is -0.244 e. The minimum atomic E-state index is -4.40. The van der Waals surface area contributed by atoms with Crippen LogP contribution in [0, 0.1) is 0 Å². The van der Waals surface area contributed by atoms with Gasteiger partial charge in [-0.05, 0) is 41.3 Å². The summed E-state index contributed by atoms with van der Waals surface area (Å²) in [6, 6.07) is 5.46. The smallest absolute Gasteiger partial charge is 0.244 e. The average molecular weight is 298 g/mol. The standard InChI is InChI=1S/C13H13F3N4O/c14-13(15,16)11-4-2-1-3-9(11)7-8-19-12(21)20(18-17-19)10-5-6-10/h1-4,10H,5-8H2. The van der Waals surface area contributed by atoms with Crippen LogP contribution in [0.4, 0.5) is 13.2 Å². The summed E-state index contributed by atoms with van der Waals surface area (Å²) in [6.45, 7) is 0.0820. The van der Waals surface area contributed by atoms with Crippen LogP contribution in [0.25, 0.3) is 0 Å². The van der Waals surface area contributed by atoms with Crippen molar-refractivity contribution in [1.29, 1.82) is 0 Å². The second-order valence-electron chi connectivity index (χ2n) is 5.07. The van der Waals surface area contributed by atoms with Gasteiger partial charge in [-0.25, -0.2) is 4.79 Å². The zero-order chi connectivity index (χ0) is 15.0. The van der Waals surface area contributed by atoms with Crippen molar-refractivity contribution in [2.75, 3.05) is 0 Å². The van der Waals surface area contributed by atoms with Crippen LogP contribution in [0.5, 0.6) is 0 Å². The van der Waals surface area contributed by atoms with E-state index in [9.17, 15) is 18.0 Å². The van der Waals surface area contributed by atoms with Crippen LogP contribution in [-0.2, 0) is 19.1 Å². The molecule has 0 radical (unpaired) electrons. The second kappa shape index (κ2) is 5.01. The molecule has 0 N–H and O–H groups in total. The van der Waals surface area contributed by atoms with Gasteiger partial charge in [0.25, 0.3) is 0 Å². The fraction of sp³-hybridized carbons (Fsp3) is 0.462. The molecular weight excluding hydrogens is 285 g/mol. The minimum absolute atomic E-state index is 0.0820. The summed E-state index contributed by atoms with van der Waals surface area (Å²) >= 11 is 0. The number of tetrazole rings is 1. The van der Waals surface area contributed by atoms with Gasteiger partial charge >= 0.3 is 11.9 Å². The van der Waals surface area contributed by atoms with Crippen molar-refractivity contribution in [3.63, 3.8) is 0 Å². The summed E-state index contributed by atoms with van der Waals surface area (Å²) in [5.74, 6) is 0. The molecule has 2 aromatic rings. The van der Waals surface area contributed by atoms with Crippen LogP contribution in [0.15, 0.2) is 29.1 Å². The van der Waals surface area contributed by atoms with Gasteiger partial charge in [0, 0.05) is 0 Å². The molecule has 1 aromatic heterocycles. The van der Waals surface area contributed by atoms with Crippen LogP contribution in [0.1, 0.15) is 30.0 Å². The van der Waals surface area contributed by atoms with Crippen molar-refractivity contribution in [2.24, 2.45) is 0 Å². The van der Waals surface area contributed by atoms with Gasteiger partial charge in [-0.3, -0.25) is 0 Å². The van der Waals surface area contributed by atoms with Crippen LogP contribution in [0.2, 0.25) is 0 Å². The highest BCUT2D eigenvalue weighted by atomic mass is 19.4. The summed E-state index contributed by atoms with van der Waals surface area (Å²) in [7, 11) is 0. The molecule has 5 nitrogen and oxygen atoms in total. The fourth-order valence-corrected chi connectivity index (χ4v) is 2.22. The summed E-state index contributed by atoms with van der Waals surface area (Å²) in [5.41, 5.74) is -0.882. The molecule has 0 amide bonds. The monoisotopic (exact) mass is 298 g/mol. The molecule has 1 aliphatic carbocycles. The number of hydrogen-bond acceptors (Lipinski definition) is 3. The molecular formula is C13H13F3N4O. The Kier molecular flexibility index (Phi) is 3.30. The number of benzene rings is 1. The van der Waals surface area contributed by atoms with Crippen LogP contribution >= 0.6 is 0 Å². The second-order valence-corrected chi connectivity index (χ2v) is 5.07. The first-order valence-electron chi connectivity index (χ1n) is 6.64. The molecule has 0 spiro atoms. The number of aromatic nitrogens is 4. The SMILES string of the molecule is O=c1n(CCc2ccccc2C(F)(F)F)nnn1C1CC1. The van der Waals surface area contributed by atoms with Crippen LogP contribution in [0.3, 0.4) is 0 Å². The summed E-state index contributed by atoms with van der Waals surface area (Å²) in [4.78, 5) is 11.9. The number of alkyl halides is 3. The lowest BCUT2D eigenvalue weighted by molar-refractivity contribution is -0.138. The molecule has 0 bridgehead atoms. The van der Waals surface area contributed by atoms with E-state index in [0.717, 1.165) is 23.6 Å². The van der Waals surface area contributed by atoms with E-state index in [4.69, 9.17) is 0 Å². The highest BCUT2D eigenvalue weighted by Crippen LogP contribution is 2.33. The molecule has 112 valence electrons. The lowest BCUT2D eigenvalue weighted by Crippen LogP contribution is -2.25. The predicted molar refractivity (Wildman–Crippen MR) is 67.7 cm³/mol. The summed E-state index contributed by atoms with van der Waals surface area (Å²) in [6.07, 6.45) is -2.52. The van der Waals surface area contributed by atoms with Crippen LogP contribution < -0.4 is 5.69 Å². The molecule has 0 saturated heterocycles. The maximum Gasteiger partial charge on any atom is 0.416 e. The van der Waals surface area contributed by atoms with Crippen molar-refractivity contribution >= 4 is 0 Å². The van der Waals surface area contributed by atoms with E-state index in [-0.39, 0.29) is 30.3 Å². The van der Waals surface area contributed by atoms with Gasteiger partial charge in [-0.15, -0.1) is 0 Å². The Morgan fingerprint density at radius 1 is 1.19 bits per heavy atom. The van der Waals surface area contributed by atoms with E-state index >= 15 is 0 Å². The van der Waals surface area contributed by atoms with E-state index in [0.29, 0.717) is 0 Å². The number of aryl methyl sites for hydroxylation is 2. The summed E-state index contributed by atoms with van der Waals surface area (Å²) in [5, 5.41) is 7.48. The lowest BCUT2D eigenvalue weighted by atomic mass is 10.0. The van der Waals surface area contributed by atoms with Gasteiger partial charge in [0.05, 0.1) is 18.2 Å². The topological polar surface area (TPSA) is 52.7 Å². The number of rotatable bonds is 4. The van der Waals surface area contributed by atoms with Crippen molar-refractivity contribution in [3.8, 4) is 0 Å². The first-order chi connectivity index (χ1) is 9.97. The molecule has 1 aliphatic rings. The Bertz CT molecular complexity index is 700. The van der Waals surface area contributed by atoms with Crippen molar-refractivity contribution < 1.29 is 13.2 Å². The van der Waals surface area contributed by atoms with Crippen molar-refractivity contribution in [2.45, 2.75) is 38.0 Å². The third-order valence-corrected chi connectivity index (χ3v) is 3.47. The molecule has 3 rings (SSSR count). The Morgan fingerprint density at radius 2 is 1.90 bits per heavy atom. The first kappa shape index (κ1) is 13.8. The van der Waals surface area contributed by atoms with E-state index in [1.807, 2.05) is 0 Å². The highest BCUT2D eigenvalue weighted by molar-refractivity contribution is 5.29. The Hall–Kier alpha value is -2.12.